The molecule has 0 amide bonds. The van der Waals surface area contributed by atoms with Crippen LogP contribution >= 0.6 is 0 Å². The van der Waals surface area contributed by atoms with Crippen molar-refractivity contribution >= 4 is 10.9 Å². The van der Waals surface area contributed by atoms with E-state index >= 15 is 0 Å². The lowest BCUT2D eigenvalue weighted by Gasteiger charge is -2.44. The molecule has 2 aliphatic carbocycles. The summed E-state index contributed by atoms with van der Waals surface area (Å²) in [6.45, 7) is 2.03. The lowest BCUT2D eigenvalue weighted by Crippen LogP contribution is -2.46. The van der Waals surface area contributed by atoms with Gasteiger partial charge in [0, 0.05) is 35.1 Å². The topological polar surface area (TPSA) is 48.5 Å². The predicted octanol–water partition coefficient (Wildman–Crippen LogP) is 4.47. The van der Waals surface area contributed by atoms with Gasteiger partial charge in [0.1, 0.15) is 11.6 Å². The minimum atomic E-state index is -0.213. The third-order valence-electron chi connectivity index (χ3n) is 7.86. The van der Waals surface area contributed by atoms with Crippen molar-refractivity contribution in [1.29, 1.82) is 0 Å². The van der Waals surface area contributed by atoms with Gasteiger partial charge in [-0.15, -0.1) is 0 Å². The number of hydrogen-bond donors (Lipinski definition) is 2. The number of benzene rings is 2. The maximum Gasteiger partial charge on any atom is 0.132 e. The highest BCUT2D eigenvalue weighted by molar-refractivity contribution is 5.85. The third kappa shape index (κ3) is 3.26. The van der Waals surface area contributed by atoms with Gasteiger partial charge in [0.2, 0.25) is 0 Å². The number of nitrogens with zero attached hydrogens (tertiary/aromatic N) is 1. The van der Waals surface area contributed by atoms with Crippen LogP contribution in [0.4, 0.5) is 4.39 Å². The summed E-state index contributed by atoms with van der Waals surface area (Å²) in [5.41, 5.74) is 4.57. The first-order valence-electron chi connectivity index (χ1n) is 11.5. The molecule has 2 N–H and O–H groups in total. The van der Waals surface area contributed by atoms with Gasteiger partial charge in [0.15, 0.2) is 0 Å². The fourth-order valence-electron chi connectivity index (χ4n) is 6.20. The van der Waals surface area contributed by atoms with Crippen LogP contribution in [0.5, 0.6) is 5.75 Å². The molecule has 1 saturated heterocycles. The highest BCUT2D eigenvalue weighted by atomic mass is 19.1. The Morgan fingerprint density at radius 3 is 2.81 bits per heavy atom. The molecule has 5 atom stereocenters. The molecule has 0 spiro atoms. The van der Waals surface area contributed by atoms with Crippen molar-refractivity contribution in [3.63, 3.8) is 0 Å². The Kier molecular flexibility index (Phi) is 4.58. The van der Waals surface area contributed by atoms with Crippen LogP contribution in [-0.4, -0.2) is 41.3 Å². The van der Waals surface area contributed by atoms with Gasteiger partial charge in [0.05, 0.1) is 13.2 Å². The summed E-state index contributed by atoms with van der Waals surface area (Å²) in [6.07, 6.45) is 3.73. The van der Waals surface area contributed by atoms with E-state index in [1.165, 1.54) is 16.8 Å². The molecule has 6 rings (SSSR count). The number of likely N-dealkylation sites (tertiary alicyclic amines) is 1. The summed E-state index contributed by atoms with van der Waals surface area (Å²) in [7, 11) is 1.70. The zero-order chi connectivity index (χ0) is 21.1. The van der Waals surface area contributed by atoms with Crippen LogP contribution in [0.2, 0.25) is 0 Å². The number of methoxy groups -OCH3 is 1. The Morgan fingerprint density at radius 1 is 1.16 bits per heavy atom. The highest BCUT2D eigenvalue weighted by Gasteiger charge is 2.47. The molecule has 162 valence electrons. The maximum atomic E-state index is 14.6. The van der Waals surface area contributed by atoms with Crippen LogP contribution in [0.1, 0.15) is 35.7 Å². The first-order valence-corrected chi connectivity index (χ1v) is 11.5. The van der Waals surface area contributed by atoms with E-state index in [1.54, 1.807) is 19.2 Å². The molecule has 1 aromatic heterocycles. The van der Waals surface area contributed by atoms with Crippen LogP contribution < -0.4 is 4.74 Å². The number of piperidine rings is 1. The van der Waals surface area contributed by atoms with Gasteiger partial charge >= 0.3 is 0 Å². The first-order chi connectivity index (χ1) is 15.1. The largest absolute Gasteiger partial charge is 0.497 e. The number of aromatic nitrogens is 1. The molecule has 0 radical (unpaired) electrons. The zero-order valence-electron chi connectivity index (χ0n) is 17.9. The quantitative estimate of drug-likeness (QED) is 0.655. The SMILES string of the molecule is COc1cccc(C(C2CC2O)N2CCC3Cc4[nH]c5cccc(F)c5c4CC3C2)c1. The van der Waals surface area contributed by atoms with Gasteiger partial charge in [-0.2, -0.15) is 0 Å². The van der Waals surface area contributed by atoms with Crippen LogP contribution in [0.25, 0.3) is 10.9 Å². The molecule has 4 nitrogen and oxygen atoms in total. The van der Waals surface area contributed by atoms with Gasteiger partial charge < -0.3 is 14.8 Å². The summed E-state index contributed by atoms with van der Waals surface area (Å²) in [5, 5.41) is 11.1. The van der Waals surface area contributed by atoms with E-state index in [0.29, 0.717) is 11.8 Å². The van der Waals surface area contributed by atoms with Gasteiger partial charge in [0.25, 0.3) is 0 Å². The van der Waals surface area contributed by atoms with E-state index in [9.17, 15) is 9.50 Å². The van der Waals surface area contributed by atoms with Gasteiger partial charge in [-0.3, -0.25) is 4.90 Å². The Morgan fingerprint density at radius 2 is 2.00 bits per heavy atom. The van der Waals surface area contributed by atoms with E-state index in [1.807, 2.05) is 18.2 Å². The Bertz CT molecular complexity index is 1130. The van der Waals surface area contributed by atoms with Crippen LogP contribution in [0.15, 0.2) is 42.5 Å². The third-order valence-corrected chi connectivity index (χ3v) is 7.86. The van der Waals surface area contributed by atoms with Crippen molar-refractivity contribution < 1.29 is 14.2 Å². The molecule has 5 heteroatoms. The minimum Gasteiger partial charge on any atom is -0.497 e. The number of H-pyrrole nitrogens is 1. The minimum absolute atomic E-state index is 0.114. The fraction of sp³-hybridized carbons (Fsp3) is 0.462. The fourth-order valence-corrected chi connectivity index (χ4v) is 6.20. The Hall–Kier alpha value is -2.37. The monoisotopic (exact) mass is 420 g/mol. The van der Waals surface area contributed by atoms with E-state index < -0.39 is 0 Å². The van der Waals surface area contributed by atoms with Crippen molar-refractivity contribution in [2.24, 2.45) is 17.8 Å². The van der Waals surface area contributed by atoms with Crippen LogP contribution in [-0.2, 0) is 12.8 Å². The van der Waals surface area contributed by atoms with E-state index in [2.05, 4.69) is 22.0 Å². The second-order valence-electron chi connectivity index (χ2n) is 9.64. The van der Waals surface area contributed by atoms with Crippen LogP contribution in [0, 0.1) is 23.6 Å². The lowest BCUT2D eigenvalue weighted by atomic mass is 9.73. The second-order valence-corrected chi connectivity index (χ2v) is 9.64. The van der Waals surface area contributed by atoms with E-state index in [-0.39, 0.29) is 23.9 Å². The molecule has 31 heavy (non-hydrogen) atoms. The predicted molar refractivity (Wildman–Crippen MR) is 119 cm³/mol. The molecule has 2 heterocycles. The summed E-state index contributed by atoms with van der Waals surface area (Å²) < 4.78 is 20.1. The molecule has 3 aromatic rings. The summed E-state index contributed by atoms with van der Waals surface area (Å²) in [4.78, 5) is 6.07. The number of halogens is 1. The molecule has 2 fully saturated rings. The van der Waals surface area contributed by atoms with E-state index in [0.717, 1.165) is 55.4 Å². The average molecular weight is 421 g/mol. The molecular weight excluding hydrogens is 391 g/mol. The Labute approximate surface area is 182 Å². The smallest absolute Gasteiger partial charge is 0.132 e. The Balaban J connectivity index is 1.30. The number of rotatable bonds is 4. The van der Waals surface area contributed by atoms with Crippen LogP contribution in [0.3, 0.4) is 0 Å². The molecule has 2 aromatic carbocycles. The number of hydrogen-bond acceptors (Lipinski definition) is 3. The van der Waals surface area contributed by atoms with Gasteiger partial charge in [-0.1, -0.05) is 18.2 Å². The number of aliphatic hydroxyl groups excluding tert-OH is 1. The van der Waals surface area contributed by atoms with Crippen molar-refractivity contribution in [3.8, 4) is 5.75 Å². The number of aliphatic hydroxyl groups is 1. The number of fused-ring (bicyclic) bond motifs is 4. The number of ether oxygens (including phenoxy) is 1. The zero-order valence-corrected chi connectivity index (χ0v) is 17.9. The molecule has 1 aliphatic heterocycles. The van der Waals surface area contributed by atoms with Gasteiger partial charge in [-0.25, -0.2) is 4.39 Å². The van der Waals surface area contributed by atoms with Crippen molar-refractivity contribution in [1.82, 2.24) is 9.88 Å². The second kappa shape index (κ2) is 7.35. The summed E-state index contributed by atoms with van der Waals surface area (Å²) >= 11 is 0. The molecule has 1 saturated carbocycles. The molecule has 5 unspecified atom stereocenters. The standard InChI is InChI=1S/C26H29FN2O2/c1-31-18-5-2-4-16(10-18)26(20-13-24(20)30)29-9-8-15-12-23-19(11-17(15)14-29)25-21(27)6-3-7-22(25)28-23/h2-7,10,15,17,20,24,26,28,30H,8-9,11-14H2,1H3. The lowest BCUT2D eigenvalue weighted by molar-refractivity contribution is 0.0583. The van der Waals surface area contributed by atoms with E-state index in [4.69, 9.17) is 4.74 Å². The number of nitrogens with one attached hydrogen (secondary N) is 1. The average Bonchev–Trinajstić information content (AvgIpc) is 3.37. The maximum absolute atomic E-state index is 14.6. The summed E-state index contributed by atoms with van der Waals surface area (Å²) in [6, 6.07) is 13.9. The number of aromatic amines is 1. The molecule has 3 aliphatic rings. The molecule has 0 bridgehead atoms. The van der Waals surface area contributed by atoms with Gasteiger partial charge in [-0.05, 0) is 79.5 Å². The summed E-state index contributed by atoms with van der Waals surface area (Å²) in [5.74, 6) is 2.19. The highest BCUT2D eigenvalue weighted by Crippen LogP contribution is 2.48. The normalized spacial score (nSPS) is 28.7. The van der Waals surface area contributed by atoms with Crippen molar-refractivity contribution in [2.45, 2.75) is 37.8 Å². The van der Waals surface area contributed by atoms with Crippen molar-refractivity contribution in [3.05, 3.63) is 65.1 Å². The molecular formula is C26H29FN2O2. The van der Waals surface area contributed by atoms with Crippen molar-refractivity contribution in [2.75, 3.05) is 20.2 Å². The first kappa shape index (κ1) is 19.3.